The lowest BCUT2D eigenvalue weighted by Gasteiger charge is -2.11. The molecule has 1 N–H and O–H groups in total. The number of alkyl halides is 2. The Bertz CT molecular complexity index is 730. The lowest BCUT2D eigenvalue weighted by Crippen LogP contribution is -2.11. The molecule has 1 amide bonds. The number of hydrogen-bond acceptors (Lipinski definition) is 5. The second-order valence-electron chi connectivity index (χ2n) is 4.42. The Balaban J connectivity index is 2.18. The zero-order valence-corrected chi connectivity index (χ0v) is 13.1. The lowest BCUT2D eigenvalue weighted by molar-refractivity contribution is -0.0511. The summed E-state index contributed by atoms with van der Waals surface area (Å²) in [5, 5.41) is 2.56. The zero-order chi connectivity index (χ0) is 17.0. The van der Waals surface area contributed by atoms with Gasteiger partial charge in [0.2, 0.25) is 0 Å². The van der Waals surface area contributed by atoms with Crippen LogP contribution in [-0.2, 0) is 0 Å². The van der Waals surface area contributed by atoms with Crippen LogP contribution < -0.4 is 14.8 Å². The van der Waals surface area contributed by atoms with Gasteiger partial charge in [-0.3, -0.25) is 9.59 Å². The van der Waals surface area contributed by atoms with Crippen LogP contribution in [0.15, 0.2) is 30.3 Å². The first-order valence-electron chi connectivity index (χ1n) is 6.45. The smallest absolute Gasteiger partial charge is 0.387 e. The summed E-state index contributed by atoms with van der Waals surface area (Å²) in [5.74, 6) is -0.643. The third-order valence-electron chi connectivity index (χ3n) is 2.81. The number of thiophene rings is 1. The van der Waals surface area contributed by atoms with Crippen LogP contribution in [0.4, 0.5) is 14.5 Å². The maximum Gasteiger partial charge on any atom is 0.387 e. The molecular weight excluding hydrogens is 328 g/mol. The number of ketones is 1. The Labute approximate surface area is 134 Å². The molecule has 122 valence electrons. The van der Waals surface area contributed by atoms with Crippen LogP contribution >= 0.6 is 11.3 Å². The summed E-state index contributed by atoms with van der Waals surface area (Å²) in [7, 11) is 1.32. The van der Waals surface area contributed by atoms with E-state index in [0.29, 0.717) is 9.75 Å². The van der Waals surface area contributed by atoms with E-state index in [0.717, 1.165) is 11.3 Å². The molecule has 0 spiro atoms. The summed E-state index contributed by atoms with van der Waals surface area (Å²) >= 11 is 1.05. The molecule has 0 aliphatic heterocycles. The first kappa shape index (κ1) is 16.9. The normalized spacial score (nSPS) is 10.5. The van der Waals surface area contributed by atoms with Crippen LogP contribution in [0, 0.1) is 0 Å². The van der Waals surface area contributed by atoms with Crippen molar-refractivity contribution in [3.63, 3.8) is 0 Å². The molecular formula is C15H13F2NO4S. The molecule has 2 aromatic rings. The monoisotopic (exact) mass is 341 g/mol. The van der Waals surface area contributed by atoms with E-state index < -0.39 is 12.5 Å². The van der Waals surface area contributed by atoms with Crippen LogP contribution in [0.1, 0.15) is 26.3 Å². The highest BCUT2D eigenvalue weighted by atomic mass is 32.1. The number of anilines is 1. The first-order valence-corrected chi connectivity index (χ1v) is 7.27. The second-order valence-corrected chi connectivity index (χ2v) is 5.50. The Kier molecular flexibility index (Phi) is 5.28. The summed E-state index contributed by atoms with van der Waals surface area (Å²) in [5.41, 5.74) is 0.268. The van der Waals surface area contributed by atoms with Crippen molar-refractivity contribution < 1.29 is 27.8 Å². The number of benzene rings is 1. The van der Waals surface area contributed by atoms with E-state index in [9.17, 15) is 18.4 Å². The van der Waals surface area contributed by atoms with Gasteiger partial charge >= 0.3 is 6.61 Å². The third-order valence-corrected chi connectivity index (χ3v) is 4.00. The van der Waals surface area contributed by atoms with Crippen LogP contribution in [0.5, 0.6) is 11.5 Å². The highest BCUT2D eigenvalue weighted by Crippen LogP contribution is 2.31. The standard InChI is InChI=1S/C15H13F2NO4S/c1-8(19)12-5-6-13(23-12)14(20)18-9-3-4-10(21-2)11(7-9)22-15(16)17/h3-7,15H,1-2H3,(H,18,20). The predicted octanol–water partition coefficient (Wildman–Crippen LogP) is 3.81. The Hall–Kier alpha value is -2.48. The summed E-state index contributed by atoms with van der Waals surface area (Å²) < 4.78 is 34.0. The molecule has 8 heteroatoms. The molecule has 0 radical (unpaired) electrons. The fourth-order valence-electron chi connectivity index (χ4n) is 1.78. The molecule has 0 unspecified atom stereocenters. The molecule has 1 heterocycles. The molecule has 2 rings (SSSR count). The van der Waals surface area contributed by atoms with Crippen LogP contribution in [0.25, 0.3) is 0 Å². The number of ether oxygens (including phenoxy) is 2. The lowest BCUT2D eigenvalue weighted by atomic mass is 10.2. The van der Waals surface area contributed by atoms with Gasteiger partial charge in [-0.05, 0) is 31.2 Å². The first-order chi connectivity index (χ1) is 10.9. The molecule has 1 aromatic carbocycles. The fourth-order valence-corrected chi connectivity index (χ4v) is 2.58. The van der Waals surface area contributed by atoms with E-state index in [1.807, 2.05) is 0 Å². The van der Waals surface area contributed by atoms with Crippen molar-refractivity contribution in [2.45, 2.75) is 13.5 Å². The van der Waals surface area contributed by atoms with E-state index >= 15 is 0 Å². The van der Waals surface area contributed by atoms with Crippen LogP contribution in [-0.4, -0.2) is 25.4 Å². The zero-order valence-electron chi connectivity index (χ0n) is 12.3. The van der Waals surface area contributed by atoms with Gasteiger partial charge in [-0.1, -0.05) is 0 Å². The molecule has 0 saturated heterocycles. The van der Waals surface area contributed by atoms with Crippen molar-refractivity contribution in [2.75, 3.05) is 12.4 Å². The largest absolute Gasteiger partial charge is 0.493 e. The summed E-state index contributed by atoms with van der Waals surface area (Å²) in [4.78, 5) is 24.1. The number of carbonyl (C=O) groups is 2. The summed E-state index contributed by atoms with van der Waals surface area (Å²) in [6.45, 7) is -1.60. The van der Waals surface area contributed by atoms with Gasteiger partial charge in [0.25, 0.3) is 5.91 Å². The fraction of sp³-hybridized carbons (Fsp3) is 0.200. The molecule has 1 aromatic heterocycles. The van der Waals surface area contributed by atoms with E-state index in [4.69, 9.17) is 4.74 Å². The number of rotatable bonds is 6. The van der Waals surface area contributed by atoms with Crippen molar-refractivity contribution in [1.29, 1.82) is 0 Å². The van der Waals surface area contributed by atoms with Crippen LogP contribution in [0.2, 0.25) is 0 Å². The minimum absolute atomic E-state index is 0.123. The summed E-state index contributed by atoms with van der Waals surface area (Å²) in [6.07, 6.45) is 0. The highest BCUT2D eigenvalue weighted by Gasteiger charge is 2.15. The maximum absolute atomic E-state index is 12.4. The van der Waals surface area contributed by atoms with E-state index in [1.165, 1.54) is 38.3 Å². The number of hydrogen-bond donors (Lipinski definition) is 1. The van der Waals surface area contributed by atoms with Crippen molar-refractivity contribution in [1.82, 2.24) is 0 Å². The van der Waals surface area contributed by atoms with Gasteiger partial charge in [0.05, 0.1) is 16.9 Å². The van der Waals surface area contributed by atoms with Crippen molar-refractivity contribution in [3.8, 4) is 11.5 Å². The number of amides is 1. The Morgan fingerprint density at radius 1 is 1.13 bits per heavy atom. The number of methoxy groups -OCH3 is 1. The molecule has 23 heavy (non-hydrogen) atoms. The average molecular weight is 341 g/mol. The van der Waals surface area contributed by atoms with Gasteiger partial charge in [0, 0.05) is 11.8 Å². The van der Waals surface area contributed by atoms with E-state index in [2.05, 4.69) is 10.1 Å². The van der Waals surface area contributed by atoms with Gasteiger partial charge in [0.15, 0.2) is 17.3 Å². The molecule has 0 aliphatic carbocycles. The molecule has 0 fully saturated rings. The van der Waals surface area contributed by atoms with Crippen molar-refractivity contribution in [2.24, 2.45) is 0 Å². The van der Waals surface area contributed by atoms with Crippen molar-refractivity contribution >= 4 is 28.7 Å². The maximum atomic E-state index is 12.4. The number of carbonyl (C=O) groups excluding carboxylic acids is 2. The molecule has 5 nitrogen and oxygen atoms in total. The quantitative estimate of drug-likeness (QED) is 0.812. The third kappa shape index (κ3) is 4.26. The Morgan fingerprint density at radius 2 is 1.83 bits per heavy atom. The van der Waals surface area contributed by atoms with Gasteiger partial charge in [0.1, 0.15) is 0 Å². The average Bonchev–Trinajstić information content (AvgIpc) is 2.97. The highest BCUT2D eigenvalue weighted by molar-refractivity contribution is 7.16. The van der Waals surface area contributed by atoms with Gasteiger partial charge in [-0.25, -0.2) is 0 Å². The number of Topliss-reactive ketones (excluding diaryl/α,β-unsaturated/α-hetero) is 1. The van der Waals surface area contributed by atoms with Gasteiger partial charge in [-0.2, -0.15) is 8.78 Å². The predicted molar refractivity (Wildman–Crippen MR) is 81.9 cm³/mol. The second kappa shape index (κ2) is 7.19. The molecule has 0 saturated carbocycles. The molecule has 0 atom stereocenters. The Morgan fingerprint density at radius 3 is 2.39 bits per heavy atom. The van der Waals surface area contributed by atoms with Gasteiger partial charge in [-0.15, -0.1) is 11.3 Å². The topological polar surface area (TPSA) is 64.6 Å². The van der Waals surface area contributed by atoms with E-state index in [1.54, 1.807) is 6.07 Å². The van der Waals surface area contributed by atoms with Crippen LogP contribution in [0.3, 0.4) is 0 Å². The molecule has 0 aliphatic rings. The minimum Gasteiger partial charge on any atom is -0.493 e. The molecule has 0 bridgehead atoms. The van der Waals surface area contributed by atoms with E-state index in [-0.39, 0.29) is 23.0 Å². The summed E-state index contributed by atoms with van der Waals surface area (Å²) in [6, 6.07) is 7.22. The van der Waals surface area contributed by atoms with Crippen molar-refractivity contribution in [3.05, 3.63) is 40.1 Å². The minimum atomic E-state index is -3.01. The number of nitrogens with one attached hydrogen (secondary N) is 1. The van der Waals surface area contributed by atoms with Gasteiger partial charge < -0.3 is 14.8 Å². The SMILES string of the molecule is COc1ccc(NC(=O)c2ccc(C(C)=O)s2)cc1OC(F)F. The number of halogens is 2.